The topological polar surface area (TPSA) is 51.4 Å². The van der Waals surface area contributed by atoms with Crippen molar-refractivity contribution in [2.24, 2.45) is 0 Å². The number of H-pyrrole nitrogens is 1. The van der Waals surface area contributed by atoms with E-state index in [4.69, 9.17) is 0 Å². The molecule has 26 heavy (non-hydrogen) atoms. The van der Waals surface area contributed by atoms with Crippen molar-refractivity contribution in [1.29, 1.82) is 0 Å². The Hall–Kier alpha value is -2.95. The normalized spacial score (nSPS) is 14.7. The number of anilines is 2. The number of nitrogens with zero attached hydrogens (tertiary/aromatic N) is 2. The lowest BCUT2D eigenvalue weighted by molar-refractivity contribution is 0.208. The molecule has 3 aromatic rings. The van der Waals surface area contributed by atoms with Crippen molar-refractivity contribution in [2.45, 2.75) is 13.8 Å². The number of hydrogen-bond acceptors (Lipinski definition) is 2. The van der Waals surface area contributed by atoms with Crippen LogP contribution in [-0.4, -0.2) is 42.1 Å². The van der Waals surface area contributed by atoms with Crippen molar-refractivity contribution in [3.05, 3.63) is 59.8 Å². The summed E-state index contributed by atoms with van der Waals surface area (Å²) in [6, 6.07) is 14.5. The predicted octanol–water partition coefficient (Wildman–Crippen LogP) is 4.14. The summed E-state index contributed by atoms with van der Waals surface area (Å²) >= 11 is 0. The number of carbonyl (C=O) groups excluding carboxylic acids is 1. The largest absolute Gasteiger partial charge is 0.367 e. The van der Waals surface area contributed by atoms with Crippen LogP contribution in [0.15, 0.2) is 48.7 Å². The molecule has 0 saturated carbocycles. The van der Waals surface area contributed by atoms with Gasteiger partial charge in [0.15, 0.2) is 0 Å². The van der Waals surface area contributed by atoms with E-state index in [1.165, 1.54) is 11.1 Å². The van der Waals surface area contributed by atoms with Crippen LogP contribution in [0.2, 0.25) is 0 Å². The van der Waals surface area contributed by atoms with Gasteiger partial charge in [-0.25, -0.2) is 4.79 Å². The van der Waals surface area contributed by atoms with Gasteiger partial charge in [0.1, 0.15) is 0 Å². The molecule has 2 aromatic carbocycles. The number of carbonyl (C=O) groups is 1. The number of rotatable bonds is 2. The first-order chi connectivity index (χ1) is 12.6. The van der Waals surface area contributed by atoms with Crippen molar-refractivity contribution in [1.82, 2.24) is 9.88 Å². The Morgan fingerprint density at radius 1 is 1.04 bits per heavy atom. The van der Waals surface area contributed by atoms with Crippen molar-refractivity contribution >= 4 is 28.3 Å². The minimum absolute atomic E-state index is 0.0156. The monoisotopic (exact) mass is 348 g/mol. The Labute approximate surface area is 153 Å². The molecule has 0 unspecified atom stereocenters. The first-order valence-electron chi connectivity index (χ1n) is 9.06. The average molecular weight is 348 g/mol. The quantitative estimate of drug-likeness (QED) is 0.731. The summed E-state index contributed by atoms with van der Waals surface area (Å²) in [5, 5.41) is 4.30. The Morgan fingerprint density at radius 3 is 2.65 bits per heavy atom. The number of urea groups is 1. The highest BCUT2D eigenvalue weighted by molar-refractivity contribution is 5.93. The van der Waals surface area contributed by atoms with Crippen LogP contribution in [0.25, 0.3) is 10.9 Å². The molecule has 1 aliphatic rings. The average Bonchev–Trinajstić information content (AvgIpc) is 3.13. The smallest absolute Gasteiger partial charge is 0.321 e. The van der Waals surface area contributed by atoms with E-state index in [1.807, 2.05) is 37.1 Å². The standard InChI is InChI=1S/C21H24N4O/c1-15-6-7-16(2)19(14-15)23-21(26)25-12-10-24(11-13-25)20-5-3-4-18-17(20)8-9-22-18/h3-9,14,22H,10-13H2,1-2H3,(H,23,26). The van der Waals surface area contributed by atoms with Crippen LogP contribution in [0, 0.1) is 13.8 Å². The summed E-state index contributed by atoms with van der Waals surface area (Å²) in [4.78, 5) is 20.2. The van der Waals surface area contributed by atoms with Crippen molar-refractivity contribution in [3.8, 4) is 0 Å². The van der Waals surface area contributed by atoms with Crippen molar-refractivity contribution < 1.29 is 4.79 Å². The molecule has 2 N–H and O–H groups in total. The number of piperazine rings is 1. The Kier molecular flexibility index (Phi) is 4.29. The van der Waals surface area contributed by atoms with Crippen LogP contribution in [0.3, 0.4) is 0 Å². The van der Waals surface area contributed by atoms with Gasteiger partial charge in [0, 0.05) is 54.7 Å². The van der Waals surface area contributed by atoms with E-state index in [0.717, 1.165) is 48.5 Å². The molecule has 0 bridgehead atoms. The van der Waals surface area contributed by atoms with E-state index in [0.29, 0.717) is 0 Å². The molecule has 2 amide bonds. The molecule has 2 heterocycles. The fraction of sp³-hybridized carbons (Fsp3) is 0.286. The number of amides is 2. The van der Waals surface area contributed by atoms with Crippen molar-refractivity contribution in [3.63, 3.8) is 0 Å². The molecule has 134 valence electrons. The predicted molar refractivity (Wildman–Crippen MR) is 107 cm³/mol. The molecule has 0 radical (unpaired) electrons. The highest BCUT2D eigenvalue weighted by atomic mass is 16.2. The fourth-order valence-electron chi connectivity index (χ4n) is 3.56. The van der Waals surface area contributed by atoms with Gasteiger partial charge in [-0.05, 0) is 49.2 Å². The summed E-state index contributed by atoms with van der Waals surface area (Å²) in [6.45, 7) is 7.17. The third-order valence-electron chi connectivity index (χ3n) is 5.11. The minimum Gasteiger partial charge on any atom is -0.367 e. The van der Waals surface area contributed by atoms with Gasteiger partial charge < -0.3 is 20.1 Å². The maximum Gasteiger partial charge on any atom is 0.321 e. The molecule has 1 saturated heterocycles. The molecular weight excluding hydrogens is 324 g/mol. The minimum atomic E-state index is -0.0156. The number of aromatic nitrogens is 1. The van der Waals surface area contributed by atoms with Crippen LogP contribution in [-0.2, 0) is 0 Å². The Morgan fingerprint density at radius 2 is 1.85 bits per heavy atom. The lowest BCUT2D eigenvalue weighted by Crippen LogP contribution is -2.50. The van der Waals surface area contributed by atoms with E-state index in [9.17, 15) is 4.79 Å². The molecule has 1 aromatic heterocycles. The summed E-state index contributed by atoms with van der Waals surface area (Å²) in [6.07, 6.45) is 1.97. The van der Waals surface area contributed by atoms with Crippen LogP contribution in [0.1, 0.15) is 11.1 Å². The number of aryl methyl sites for hydroxylation is 2. The zero-order chi connectivity index (χ0) is 18.1. The molecule has 4 rings (SSSR count). The number of fused-ring (bicyclic) bond motifs is 1. The van der Waals surface area contributed by atoms with Gasteiger partial charge in [-0.1, -0.05) is 18.2 Å². The van der Waals surface area contributed by atoms with Gasteiger partial charge in [0.2, 0.25) is 0 Å². The van der Waals surface area contributed by atoms with Crippen LogP contribution in [0.5, 0.6) is 0 Å². The summed E-state index contributed by atoms with van der Waals surface area (Å²) in [7, 11) is 0. The van der Waals surface area contributed by atoms with Gasteiger partial charge in [0.25, 0.3) is 0 Å². The van der Waals surface area contributed by atoms with Gasteiger partial charge in [-0.15, -0.1) is 0 Å². The number of aromatic amines is 1. The summed E-state index contributed by atoms with van der Waals surface area (Å²) in [5.74, 6) is 0. The molecule has 1 fully saturated rings. The first kappa shape index (κ1) is 16.5. The second-order valence-corrected chi connectivity index (χ2v) is 6.94. The highest BCUT2D eigenvalue weighted by Gasteiger charge is 2.22. The molecule has 5 heteroatoms. The van der Waals surface area contributed by atoms with E-state index < -0.39 is 0 Å². The van der Waals surface area contributed by atoms with E-state index in [-0.39, 0.29) is 6.03 Å². The molecular formula is C21H24N4O. The maximum atomic E-state index is 12.6. The van der Waals surface area contributed by atoms with E-state index in [2.05, 4.69) is 45.5 Å². The molecule has 0 atom stereocenters. The van der Waals surface area contributed by atoms with Gasteiger partial charge >= 0.3 is 6.03 Å². The van der Waals surface area contributed by atoms with Crippen LogP contribution < -0.4 is 10.2 Å². The maximum absolute atomic E-state index is 12.6. The molecule has 0 aliphatic carbocycles. The zero-order valence-corrected chi connectivity index (χ0v) is 15.2. The molecule has 1 aliphatic heterocycles. The van der Waals surface area contributed by atoms with Crippen LogP contribution in [0.4, 0.5) is 16.2 Å². The Bertz CT molecular complexity index is 938. The summed E-state index contributed by atoms with van der Waals surface area (Å²) < 4.78 is 0. The number of hydrogen-bond donors (Lipinski definition) is 2. The van der Waals surface area contributed by atoms with Gasteiger partial charge in [-0.2, -0.15) is 0 Å². The van der Waals surface area contributed by atoms with Gasteiger partial charge in [0.05, 0.1) is 0 Å². The number of nitrogens with one attached hydrogen (secondary N) is 2. The zero-order valence-electron chi connectivity index (χ0n) is 15.2. The Balaban J connectivity index is 1.42. The molecule has 0 spiro atoms. The second-order valence-electron chi connectivity index (χ2n) is 6.94. The van der Waals surface area contributed by atoms with E-state index in [1.54, 1.807) is 0 Å². The van der Waals surface area contributed by atoms with Crippen LogP contribution >= 0.6 is 0 Å². The third kappa shape index (κ3) is 3.12. The highest BCUT2D eigenvalue weighted by Crippen LogP contribution is 2.27. The first-order valence-corrected chi connectivity index (χ1v) is 9.06. The SMILES string of the molecule is Cc1ccc(C)c(NC(=O)N2CCN(c3cccc4[nH]ccc34)CC2)c1. The summed E-state index contributed by atoms with van der Waals surface area (Å²) in [5.41, 5.74) is 5.52. The second kappa shape index (κ2) is 6.75. The van der Waals surface area contributed by atoms with Crippen molar-refractivity contribution in [2.75, 3.05) is 36.4 Å². The molecule has 5 nitrogen and oxygen atoms in total. The number of benzene rings is 2. The fourth-order valence-corrected chi connectivity index (χ4v) is 3.56. The lowest BCUT2D eigenvalue weighted by atomic mass is 10.1. The van der Waals surface area contributed by atoms with Gasteiger partial charge in [-0.3, -0.25) is 0 Å². The third-order valence-corrected chi connectivity index (χ3v) is 5.11. The lowest BCUT2D eigenvalue weighted by Gasteiger charge is -2.36. The van der Waals surface area contributed by atoms with E-state index >= 15 is 0 Å².